The Kier molecular flexibility index (Phi) is 3.72. The van der Waals surface area contributed by atoms with E-state index in [-0.39, 0.29) is 10.3 Å². The molecular formula is C11H15ClN6O2S. The van der Waals surface area contributed by atoms with Crippen molar-refractivity contribution < 1.29 is 8.42 Å². The van der Waals surface area contributed by atoms with Crippen molar-refractivity contribution in [3.63, 3.8) is 0 Å². The molecule has 3 rings (SSSR count). The average molecular weight is 331 g/mol. The predicted molar refractivity (Wildman–Crippen MR) is 75.2 cm³/mol. The number of hydrogen-bond acceptors (Lipinski definition) is 5. The first-order valence-electron chi connectivity index (χ1n) is 6.50. The second-order valence-corrected chi connectivity index (χ2v) is 7.24. The van der Waals surface area contributed by atoms with Crippen molar-refractivity contribution in [3.05, 3.63) is 23.9 Å². The molecule has 8 nitrogen and oxygen atoms in total. The summed E-state index contributed by atoms with van der Waals surface area (Å²) in [6, 6.07) is 0.311. The molecule has 1 aliphatic carbocycles. The van der Waals surface area contributed by atoms with Crippen LogP contribution in [0.15, 0.2) is 23.6 Å². The molecule has 1 saturated carbocycles. The third kappa shape index (κ3) is 2.94. The molecule has 2 aromatic heterocycles. The van der Waals surface area contributed by atoms with Crippen LogP contribution >= 0.6 is 11.6 Å². The number of halogens is 1. The molecule has 1 fully saturated rings. The van der Waals surface area contributed by atoms with Gasteiger partial charge in [0.05, 0.1) is 12.2 Å². The maximum Gasteiger partial charge on any atom is 0.259 e. The quantitative estimate of drug-likeness (QED) is 0.866. The fourth-order valence-electron chi connectivity index (χ4n) is 2.34. The Morgan fingerprint density at radius 2 is 2.24 bits per heavy atom. The summed E-state index contributed by atoms with van der Waals surface area (Å²) in [5.41, 5.74) is 0. The fourth-order valence-corrected chi connectivity index (χ4v) is 3.64. The second kappa shape index (κ2) is 5.39. The minimum absolute atomic E-state index is 0.0536. The largest absolute Gasteiger partial charge is 0.323 e. The molecular weight excluding hydrogens is 316 g/mol. The standard InChI is InChI=1S/C11H15ClN6O2S/c1-17-7-10(15-11(17)12)21(19,20)14-6-8-4-9(5-8)18-3-2-13-16-18/h2-3,7-9,14H,4-6H2,1H3. The summed E-state index contributed by atoms with van der Waals surface area (Å²) < 4.78 is 30.0. The average Bonchev–Trinajstić information content (AvgIpc) is 2.99. The Morgan fingerprint density at radius 1 is 1.48 bits per heavy atom. The summed E-state index contributed by atoms with van der Waals surface area (Å²) in [5.74, 6) is 0.299. The third-order valence-electron chi connectivity index (χ3n) is 3.66. The highest BCUT2D eigenvalue weighted by Crippen LogP contribution is 2.36. The molecule has 0 amide bonds. The van der Waals surface area contributed by atoms with Crippen LogP contribution in [-0.2, 0) is 17.1 Å². The molecule has 0 aliphatic heterocycles. The van der Waals surface area contributed by atoms with Crippen LogP contribution in [0.4, 0.5) is 0 Å². The van der Waals surface area contributed by atoms with Crippen LogP contribution in [0.25, 0.3) is 0 Å². The van der Waals surface area contributed by atoms with E-state index in [0.717, 1.165) is 12.8 Å². The summed E-state index contributed by atoms with van der Waals surface area (Å²) in [6.45, 7) is 0.391. The van der Waals surface area contributed by atoms with Crippen LogP contribution in [0, 0.1) is 5.92 Å². The van der Waals surface area contributed by atoms with E-state index in [0.29, 0.717) is 18.5 Å². The molecule has 21 heavy (non-hydrogen) atoms. The SMILES string of the molecule is Cn1cc(S(=O)(=O)NCC2CC(n3ccnn3)C2)nc1Cl. The molecule has 10 heteroatoms. The summed E-state index contributed by atoms with van der Waals surface area (Å²) in [4.78, 5) is 3.81. The number of sulfonamides is 1. The van der Waals surface area contributed by atoms with Crippen LogP contribution in [0.1, 0.15) is 18.9 Å². The highest BCUT2D eigenvalue weighted by Gasteiger charge is 2.32. The van der Waals surface area contributed by atoms with Gasteiger partial charge in [0, 0.05) is 26.0 Å². The Labute approximate surface area is 127 Å². The van der Waals surface area contributed by atoms with Crippen LogP contribution in [0.3, 0.4) is 0 Å². The topological polar surface area (TPSA) is 94.7 Å². The summed E-state index contributed by atoms with van der Waals surface area (Å²) >= 11 is 5.76. The zero-order chi connectivity index (χ0) is 15.0. The van der Waals surface area contributed by atoms with Crippen molar-refractivity contribution >= 4 is 21.6 Å². The van der Waals surface area contributed by atoms with Gasteiger partial charge >= 0.3 is 0 Å². The van der Waals surface area contributed by atoms with E-state index in [1.54, 1.807) is 13.2 Å². The lowest BCUT2D eigenvalue weighted by molar-refractivity contribution is 0.183. The number of nitrogens with zero attached hydrogens (tertiary/aromatic N) is 5. The van der Waals surface area contributed by atoms with E-state index in [2.05, 4.69) is 20.0 Å². The molecule has 114 valence electrons. The van der Waals surface area contributed by atoms with Gasteiger partial charge in [-0.15, -0.1) is 5.10 Å². The Bertz CT molecular complexity index is 700. The summed E-state index contributed by atoms with van der Waals surface area (Å²) in [5, 5.41) is 7.80. The molecule has 0 saturated heterocycles. The normalized spacial score (nSPS) is 22.2. The Morgan fingerprint density at radius 3 is 2.81 bits per heavy atom. The van der Waals surface area contributed by atoms with Crippen LogP contribution in [0.2, 0.25) is 5.28 Å². The van der Waals surface area contributed by atoms with Gasteiger partial charge in [-0.05, 0) is 30.4 Å². The van der Waals surface area contributed by atoms with Gasteiger partial charge in [-0.2, -0.15) is 0 Å². The molecule has 1 aliphatic rings. The van der Waals surface area contributed by atoms with E-state index >= 15 is 0 Å². The van der Waals surface area contributed by atoms with Gasteiger partial charge in [0.25, 0.3) is 10.0 Å². The van der Waals surface area contributed by atoms with E-state index in [9.17, 15) is 8.42 Å². The summed E-state index contributed by atoms with van der Waals surface area (Å²) in [7, 11) is -1.96. The molecule has 0 radical (unpaired) electrons. The first kappa shape index (κ1) is 14.5. The van der Waals surface area contributed by atoms with Gasteiger partial charge in [0.1, 0.15) is 0 Å². The number of hydrogen-bond donors (Lipinski definition) is 1. The predicted octanol–water partition coefficient (Wildman–Crippen LogP) is 0.595. The lowest BCUT2D eigenvalue weighted by atomic mass is 9.80. The maximum atomic E-state index is 12.1. The van der Waals surface area contributed by atoms with Crippen molar-refractivity contribution in [1.82, 2.24) is 29.3 Å². The van der Waals surface area contributed by atoms with Crippen molar-refractivity contribution in [2.24, 2.45) is 13.0 Å². The van der Waals surface area contributed by atoms with E-state index in [1.807, 2.05) is 10.9 Å². The van der Waals surface area contributed by atoms with Gasteiger partial charge < -0.3 is 4.57 Å². The van der Waals surface area contributed by atoms with E-state index in [1.165, 1.54) is 10.8 Å². The highest BCUT2D eigenvalue weighted by atomic mass is 35.5. The molecule has 1 N–H and O–H groups in total. The van der Waals surface area contributed by atoms with Crippen molar-refractivity contribution in [1.29, 1.82) is 0 Å². The number of aryl methyl sites for hydroxylation is 1. The zero-order valence-corrected chi connectivity index (χ0v) is 12.9. The smallest absolute Gasteiger partial charge is 0.259 e. The minimum Gasteiger partial charge on any atom is -0.323 e. The lowest BCUT2D eigenvalue weighted by Gasteiger charge is -2.34. The van der Waals surface area contributed by atoms with Gasteiger partial charge in [-0.25, -0.2) is 22.8 Å². The van der Waals surface area contributed by atoms with Crippen LogP contribution < -0.4 is 4.72 Å². The highest BCUT2D eigenvalue weighted by molar-refractivity contribution is 7.89. The minimum atomic E-state index is -3.61. The van der Waals surface area contributed by atoms with Crippen molar-refractivity contribution in [2.45, 2.75) is 23.9 Å². The van der Waals surface area contributed by atoms with Gasteiger partial charge in [0.15, 0.2) is 5.03 Å². The fraction of sp³-hybridized carbons (Fsp3) is 0.545. The van der Waals surface area contributed by atoms with Gasteiger partial charge in [0.2, 0.25) is 5.28 Å². The monoisotopic (exact) mass is 330 g/mol. The number of nitrogens with one attached hydrogen (secondary N) is 1. The van der Waals surface area contributed by atoms with Crippen LogP contribution in [-0.4, -0.2) is 39.5 Å². The first-order chi connectivity index (χ1) is 9.95. The lowest BCUT2D eigenvalue weighted by Crippen LogP contribution is -2.37. The molecule has 0 unspecified atom stereocenters. The van der Waals surface area contributed by atoms with Crippen LogP contribution in [0.5, 0.6) is 0 Å². The zero-order valence-electron chi connectivity index (χ0n) is 11.3. The molecule has 2 aromatic rings. The molecule has 0 atom stereocenters. The first-order valence-corrected chi connectivity index (χ1v) is 8.36. The summed E-state index contributed by atoms with van der Waals surface area (Å²) in [6.07, 6.45) is 6.62. The molecule has 0 spiro atoms. The van der Waals surface area contributed by atoms with Gasteiger partial charge in [-0.1, -0.05) is 5.21 Å². The Balaban J connectivity index is 1.54. The molecule has 0 bridgehead atoms. The molecule has 2 heterocycles. The number of imidazole rings is 1. The number of aromatic nitrogens is 5. The van der Waals surface area contributed by atoms with Crippen molar-refractivity contribution in [2.75, 3.05) is 6.54 Å². The molecule has 0 aromatic carbocycles. The van der Waals surface area contributed by atoms with Gasteiger partial charge in [-0.3, -0.25) is 0 Å². The Hall–Kier alpha value is -1.45. The van der Waals surface area contributed by atoms with Crippen molar-refractivity contribution in [3.8, 4) is 0 Å². The number of rotatable bonds is 5. The third-order valence-corrected chi connectivity index (χ3v) is 5.31. The van der Waals surface area contributed by atoms with E-state index in [4.69, 9.17) is 11.6 Å². The second-order valence-electron chi connectivity index (χ2n) is 5.19. The maximum absolute atomic E-state index is 12.1. The van der Waals surface area contributed by atoms with E-state index < -0.39 is 10.0 Å².